The molecular formula is C14H15BrN2OS. The third-order valence-corrected chi connectivity index (χ3v) is 4.97. The molecular weight excluding hydrogens is 324 g/mol. The van der Waals surface area contributed by atoms with Crippen LogP contribution in [-0.2, 0) is 0 Å². The number of rotatable bonds is 3. The average molecular weight is 339 g/mol. The van der Waals surface area contributed by atoms with Gasteiger partial charge in [-0.05, 0) is 59.1 Å². The van der Waals surface area contributed by atoms with Crippen LogP contribution in [0.1, 0.15) is 33.8 Å². The maximum atomic E-state index is 12.1. The van der Waals surface area contributed by atoms with E-state index in [2.05, 4.69) is 21.2 Å². The van der Waals surface area contributed by atoms with E-state index in [9.17, 15) is 4.79 Å². The van der Waals surface area contributed by atoms with Gasteiger partial charge in [-0.3, -0.25) is 4.79 Å². The van der Waals surface area contributed by atoms with Crippen molar-refractivity contribution in [2.45, 2.75) is 19.9 Å². The third kappa shape index (κ3) is 3.36. The summed E-state index contributed by atoms with van der Waals surface area (Å²) in [5.74, 6) is -0.0614. The molecule has 1 atom stereocenters. The molecule has 0 spiro atoms. The van der Waals surface area contributed by atoms with Gasteiger partial charge in [-0.1, -0.05) is 12.1 Å². The van der Waals surface area contributed by atoms with E-state index < -0.39 is 0 Å². The maximum absolute atomic E-state index is 12.1. The number of hydrogen-bond acceptors (Lipinski definition) is 3. The van der Waals surface area contributed by atoms with Gasteiger partial charge in [0.2, 0.25) is 0 Å². The summed E-state index contributed by atoms with van der Waals surface area (Å²) < 4.78 is 0.995. The Labute approximate surface area is 125 Å². The first-order chi connectivity index (χ1) is 8.97. The van der Waals surface area contributed by atoms with E-state index in [-0.39, 0.29) is 11.9 Å². The van der Waals surface area contributed by atoms with E-state index in [0.29, 0.717) is 10.6 Å². The number of carbonyl (C=O) groups is 1. The highest BCUT2D eigenvalue weighted by Gasteiger charge is 2.14. The molecule has 1 amide bonds. The number of benzene rings is 1. The zero-order chi connectivity index (χ0) is 14.0. The number of nitrogens with one attached hydrogen (secondary N) is 1. The van der Waals surface area contributed by atoms with Gasteiger partial charge in [0.05, 0.1) is 14.7 Å². The lowest BCUT2D eigenvalue weighted by atomic mass is 10.1. The Bertz CT molecular complexity index is 590. The molecule has 0 fully saturated rings. The number of nitrogens with two attached hydrogens (primary N) is 1. The summed E-state index contributed by atoms with van der Waals surface area (Å²) in [6, 6.07) is 9.36. The fourth-order valence-electron chi connectivity index (χ4n) is 1.75. The van der Waals surface area contributed by atoms with Crippen molar-refractivity contribution in [2.75, 3.05) is 5.73 Å². The first kappa shape index (κ1) is 14.1. The van der Waals surface area contributed by atoms with Crippen LogP contribution in [0.5, 0.6) is 0 Å². The van der Waals surface area contributed by atoms with Crippen LogP contribution in [0.4, 0.5) is 5.69 Å². The number of hydrogen-bond donors (Lipinski definition) is 2. The van der Waals surface area contributed by atoms with Gasteiger partial charge in [0.25, 0.3) is 5.91 Å². The molecule has 0 saturated carbocycles. The van der Waals surface area contributed by atoms with Gasteiger partial charge in [-0.25, -0.2) is 0 Å². The number of amides is 1. The van der Waals surface area contributed by atoms with Gasteiger partial charge < -0.3 is 11.1 Å². The molecule has 0 aliphatic heterocycles. The fourth-order valence-corrected chi connectivity index (χ4v) is 3.19. The number of thiophene rings is 1. The van der Waals surface area contributed by atoms with Crippen LogP contribution in [-0.4, -0.2) is 5.91 Å². The smallest absolute Gasteiger partial charge is 0.261 e. The van der Waals surface area contributed by atoms with Crippen molar-refractivity contribution in [2.24, 2.45) is 0 Å². The average Bonchev–Trinajstić information content (AvgIpc) is 2.69. The topological polar surface area (TPSA) is 55.1 Å². The minimum absolute atomic E-state index is 0.0614. The summed E-state index contributed by atoms with van der Waals surface area (Å²) in [7, 11) is 0. The van der Waals surface area contributed by atoms with Crippen LogP contribution in [0.3, 0.4) is 0 Å². The predicted molar refractivity (Wildman–Crippen MR) is 83.5 cm³/mol. The maximum Gasteiger partial charge on any atom is 0.261 e. The van der Waals surface area contributed by atoms with Crippen molar-refractivity contribution in [1.82, 2.24) is 5.32 Å². The highest BCUT2D eigenvalue weighted by Crippen LogP contribution is 2.27. The highest BCUT2D eigenvalue weighted by atomic mass is 79.9. The Hall–Kier alpha value is -1.33. The lowest BCUT2D eigenvalue weighted by molar-refractivity contribution is 0.0944. The van der Waals surface area contributed by atoms with Gasteiger partial charge in [0.1, 0.15) is 0 Å². The SMILES string of the molecule is Cc1cc(C(=O)NC(C)c2cccc(N)c2)sc1Br. The second-order valence-corrected chi connectivity index (χ2v) is 6.80. The van der Waals surface area contributed by atoms with Crippen LogP contribution in [0.2, 0.25) is 0 Å². The molecule has 1 heterocycles. The molecule has 3 nitrogen and oxygen atoms in total. The van der Waals surface area contributed by atoms with E-state index in [4.69, 9.17) is 5.73 Å². The van der Waals surface area contributed by atoms with Crippen LogP contribution < -0.4 is 11.1 Å². The molecule has 100 valence electrons. The van der Waals surface area contributed by atoms with Gasteiger partial charge in [-0.15, -0.1) is 11.3 Å². The van der Waals surface area contributed by atoms with Crippen molar-refractivity contribution in [1.29, 1.82) is 0 Å². The summed E-state index contributed by atoms with van der Waals surface area (Å²) in [5, 5.41) is 2.98. The van der Waals surface area contributed by atoms with E-state index in [1.807, 2.05) is 44.2 Å². The Kier molecular flexibility index (Phi) is 4.27. The molecule has 19 heavy (non-hydrogen) atoms. The minimum atomic E-state index is -0.0721. The summed E-state index contributed by atoms with van der Waals surface area (Å²) in [4.78, 5) is 12.8. The monoisotopic (exact) mass is 338 g/mol. The first-order valence-corrected chi connectivity index (χ1v) is 7.50. The Morgan fingerprint density at radius 3 is 2.74 bits per heavy atom. The number of carbonyl (C=O) groups excluding carboxylic acids is 1. The fraction of sp³-hybridized carbons (Fsp3) is 0.214. The molecule has 2 aromatic rings. The summed E-state index contributed by atoms with van der Waals surface area (Å²) >= 11 is 4.87. The van der Waals surface area contributed by atoms with Crippen molar-refractivity contribution >= 4 is 38.9 Å². The van der Waals surface area contributed by atoms with Gasteiger partial charge in [-0.2, -0.15) is 0 Å². The second kappa shape index (κ2) is 5.75. The van der Waals surface area contributed by atoms with Crippen LogP contribution in [0, 0.1) is 6.92 Å². The number of halogens is 1. The second-order valence-electron chi connectivity index (χ2n) is 4.43. The summed E-state index contributed by atoms with van der Waals surface area (Å²) in [6.07, 6.45) is 0. The van der Waals surface area contributed by atoms with Crippen LogP contribution in [0.15, 0.2) is 34.1 Å². The molecule has 0 aliphatic carbocycles. The zero-order valence-corrected chi connectivity index (χ0v) is 13.1. The largest absolute Gasteiger partial charge is 0.399 e. The van der Waals surface area contributed by atoms with Gasteiger partial charge in [0.15, 0.2) is 0 Å². The molecule has 5 heteroatoms. The molecule has 3 N–H and O–H groups in total. The Balaban J connectivity index is 2.10. The Morgan fingerprint density at radius 2 is 2.16 bits per heavy atom. The molecule has 1 aromatic carbocycles. The lowest BCUT2D eigenvalue weighted by Crippen LogP contribution is -2.25. The first-order valence-electron chi connectivity index (χ1n) is 5.89. The number of aryl methyl sites for hydroxylation is 1. The van der Waals surface area contributed by atoms with E-state index >= 15 is 0 Å². The molecule has 1 unspecified atom stereocenters. The molecule has 0 saturated heterocycles. The Morgan fingerprint density at radius 1 is 1.42 bits per heavy atom. The lowest BCUT2D eigenvalue weighted by Gasteiger charge is -2.14. The summed E-state index contributed by atoms with van der Waals surface area (Å²) in [5.41, 5.74) is 8.52. The molecule has 0 bridgehead atoms. The molecule has 0 radical (unpaired) electrons. The van der Waals surface area contributed by atoms with Crippen molar-refractivity contribution in [3.63, 3.8) is 0 Å². The van der Waals surface area contributed by atoms with Gasteiger partial charge in [0, 0.05) is 5.69 Å². The zero-order valence-electron chi connectivity index (χ0n) is 10.7. The van der Waals surface area contributed by atoms with Crippen LogP contribution in [0.25, 0.3) is 0 Å². The van der Waals surface area contributed by atoms with Crippen molar-refractivity contribution in [3.05, 3.63) is 50.1 Å². The number of anilines is 1. The summed E-state index contributed by atoms with van der Waals surface area (Å²) in [6.45, 7) is 3.92. The van der Waals surface area contributed by atoms with E-state index in [1.54, 1.807) is 0 Å². The minimum Gasteiger partial charge on any atom is -0.399 e. The van der Waals surface area contributed by atoms with E-state index in [1.165, 1.54) is 11.3 Å². The molecule has 2 rings (SSSR count). The van der Waals surface area contributed by atoms with Crippen molar-refractivity contribution in [3.8, 4) is 0 Å². The number of nitrogen functional groups attached to an aromatic ring is 1. The standard InChI is InChI=1S/C14H15BrN2OS/c1-8-6-12(19-13(8)15)14(18)17-9(2)10-4-3-5-11(16)7-10/h3-7,9H,16H2,1-2H3,(H,17,18). The van der Waals surface area contributed by atoms with Crippen LogP contribution >= 0.6 is 27.3 Å². The van der Waals surface area contributed by atoms with Crippen molar-refractivity contribution < 1.29 is 4.79 Å². The molecule has 0 aliphatic rings. The third-order valence-electron chi connectivity index (χ3n) is 2.84. The normalized spacial score (nSPS) is 12.2. The quantitative estimate of drug-likeness (QED) is 0.834. The highest BCUT2D eigenvalue weighted by molar-refractivity contribution is 9.11. The van der Waals surface area contributed by atoms with Gasteiger partial charge >= 0.3 is 0 Å². The predicted octanol–water partition coefficient (Wildman–Crippen LogP) is 3.89. The molecule has 1 aromatic heterocycles. The van der Waals surface area contributed by atoms with E-state index in [0.717, 1.165) is 14.9 Å².